The van der Waals surface area contributed by atoms with Crippen LogP contribution in [-0.2, 0) is 0 Å². The van der Waals surface area contributed by atoms with E-state index < -0.39 is 8.07 Å². The Morgan fingerprint density at radius 3 is 1.46 bits per heavy atom. The Bertz CT molecular complexity index is 2810. The smallest absolute Gasteiger partial charge is 0.113 e. The van der Waals surface area contributed by atoms with Crippen LogP contribution in [-0.4, -0.2) is 8.07 Å². The first-order chi connectivity index (χ1) is 28.1. The number of hydrogen-bond donors (Lipinski definition) is 0. The van der Waals surface area contributed by atoms with E-state index in [0.29, 0.717) is 0 Å². The molecule has 1 aliphatic rings. The van der Waals surface area contributed by atoms with Crippen LogP contribution < -0.4 is 20.2 Å². The first-order valence-corrected chi connectivity index (χ1v) is 22.8. The van der Waals surface area contributed by atoms with Crippen LogP contribution in [0.3, 0.4) is 0 Å². The summed E-state index contributed by atoms with van der Waals surface area (Å²) in [6, 6.07) is 79.5. The molecule has 0 radical (unpaired) electrons. The Balaban J connectivity index is 1.07. The number of para-hydroxylation sites is 4. The van der Waals surface area contributed by atoms with Crippen molar-refractivity contribution in [1.29, 1.82) is 0 Å². The van der Waals surface area contributed by atoms with Crippen LogP contribution in [0.1, 0.15) is 0 Å². The van der Waals surface area contributed by atoms with Gasteiger partial charge < -0.3 is 9.80 Å². The lowest BCUT2D eigenvalue weighted by molar-refractivity contribution is 1.28. The lowest BCUT2D eigenvalue weighted by Gasteiger charge is -2.35. The second kappa shape index (κ2) is 14.3. The van der Waals surface area contributed by atoms with Gasteiger partial charge in [-0.1, -0.05) is 165 Å². The van der Waals surface area contributed by atoms with Crippen LogP contribution in [0.5, 0.6) is 0 Å². The van der Waals surface area contributed by atoms with Crippen LogP contribution in [0.25, 0.3) is 44.2 Å². The van der Waals surface area contributed by atoms with Crippen molar-refractivity contribution < 1.29 is 0 Å². The van der Waals surface area contributed by atoms with Crippen molar-refractivity contribution in [2.45, 2.75) is 13.1 Å². The first kappa shape index (κ1) is 34.5. The summed E-state index contributed by atoms with van der Waals surface area (Å²) in [5.41, 5.74) is 14.5. The monoisotopic (exact) mass is 746 g/mol. The van der Waals surface area contributed by atoms with E-state index in [9.17, 15) is 0 Å². The van der Waals surface area contributed by atoms with Gasteiger partial charge in [-0.2, -0.15) is 0 Å². The molecule has 0 unspecified atom stereocenters. The topological polar surface area (TPSA) is 6.48 Å². The number of hydrogen-bond acceptors (Lipinski definition) is 2. The Morgan fingerprint density at radius 1 is 0.316 bits per heavy atom. The number of benzene rings is 9. The second-order valence-corrected chi connectivity index (χ2v) is 19.7. The van der Waals surface area contributed by atoms with Crippen LogP contribution in [0.4, 0.5) is 34.1 Å². The molecule has 2 nitrogen and oxygen atoms in total. The van der Waals surface area contributed by atoms with Gasteiger partial charge in [0.25, 0.3) is 0 Å². The maximum atomic E-state index is 2.52. The predicted octanol–water partition coefficient (Wildman–Crippen LogP) is 13.9. The summed E-state index contributed by atoms with van der Waals surface area (Å²) in [6.45, 7) is 5.05. The van der Waals surface area contributed by atoms with E-state index >= 15 is 0 Å². The standard InChI is InChI=1S/C54H42N2Si/c1-57(2)52-29-17-27-49-46(36-37-50(54(49)52)48-35-34-45(38-53(48)57)55(41-20-9-4-10-21-41)42-22-11-5-12-23-42)40-30-32-44(33-31-40)56(43-24-13-6-14-25-43)51-28-16-15-26-47(51)39-18-7-3-8-19-39/h3-38H,1-2H3. The summed E-state index contributed by atoms with van der Waals surface area (Å²) in [6.07, 6.45) is 0. The molecule has 57 heavy (non-hydrogen) atoms. The molecule has 0 spiro atoms. The molecule has 3 heteroatoms. The fourth-order valence-electron chi connectivity index (χ4n) is 8.90. The van der Waals surface area contributed by atoms with Crippen molar-refractivity contribution in [3.05, 3.63) is 218 Å². The largest absolute Gasteiger partial charge is 0.311 e. The van der Waals surface area contributed by atoms with Crippen LogP contribution in [0, 0.1) is 0 Å². The summed E-state index contributed by atoms with van der Waals surface area (Å²) < 4.78 is 0. The summed E-state index contributed by atoms with van der Waals surface area (Å²) in [4.78, 5) is 4.76. The second-order valence-electron chi connectivity index (χ2n) is 15.4. The van der Waals surface area contributed by atoms with Gasteiger partial charge >= 0.3 is 0 Å². The third-order valence-electron chi connectivity index (χ3n) is 11.6. The normalized spacial score (nSPS) is 12.5. The van der Waals surface area contributed by atoms with Gasteiger partial charge in [0, 0.05) is 34.0 Å². The number of nitrogens with zero attached hydrogens (tertiary/aromatic N) is 2. The zero-order valence-corrected chi connectivity index (χ0v) is 33.2. The van der Waals surface area contributed by atoms with Gasteiger partial charge in [-0.05, 0) is 116 Å². The molecule has 0 aromatic heterocycles. The van der Waals surface area contributed by atoms with Crippen molar-refractivity contribution in [3.63, 3.8) is 0 Å². The maximum Gasteiger partial charge on any atom is 0.113 e. The van der Waals surface area contributed by atoms with Gasteiger partial charge in [-0.25, -0.2) is 0 Å². The summed E-state index contributed by atoms with van der Waals surface area (Å²) in [7, 11) is -2.13. The van der Waals surface area contributed by atoms with E-state index in [2.05, 4.69) is 241 Å². The number of anilines is 6. The minimum absolute atomic E-state index is 1.12. The van der Waals surface area contributed by atoms with E-state index in [0.717, 1.165) is 28.4 Å². The van der Waals surface area contributed by atoms with Gasteiger partial charge in [-0.3, -0.25) is 0 Å². The van der Waals surface area contributed by atoms with E-state index in [1.54, 1.807) is 0 Å². The summed E-state index contributed by atoms with van der Waals surface area (Å²) in [5, 5.41) is 5.70. The molecule has 0 saturated carbocycles. The molecule has 0 aliphatic carbocycles. The molecule has 0 atom stereocenters. The highest BCUT2D eigenvalue weighted by Gasteiger charge is 2.36. The van der Waals surface area contributed by atoms with E-state index in [-0.39, 0.29) is 0 Å². The van der Waals surface area contributed by atoms with E-state index in [4.69, 9.17) is 0 Å². The van der Waals surface area contributed by atoms with Gasteiger partial charge in [-0.15, -0.1) is 0 Å². The van der Waals surface area contributed by atoms with Gasteiger partial charge in [0.05, 0.1) is 5.69 Å². The highest BCUT2D eigenvalue weighted by molar-refractivity contribution is 7.03. The zero-order chi connectivity index (χ0) is 38.3. The lowest BCUT2D eigenvalue weighted by atomic mass is 9.91. The first-order valence-electron chi connectivity index (χ1n) is 19.8. The molecular weight excluding hydrogens is 705 g/mol. The van der Waals surface area contributed by atoms with Gasteiger partial charge in [0.15, 0.2) is 0 Å². The molecule has 1 aliphatic heterocycles. The fraction of sp³-hybridized carbons (Fsp3) is 0.0370. The van der Waals surface area contributed by atoms with Crippen molar-refractivity contribution >= 4 is 63.3 Å². The average Bonchev–Trinajstić information content (AvgIpc) is 3.27. The number of rotatable bonds is 8. The van der Waals surface area contributed by atoms with Crippen molar-refractivity contribution in [3.8, 4) is 33.4 Å². The van der Waals surface area contributed by atoms with Crippen LogP contribution >= 0.6 is 0 Å². The van der Waals surface area contributed by atoms with Crippen molar-refractivity contribution in [1.82, 2.24) is 0 Å². The van der Waals surface area contributed by atoms with E-state index in [1.165, 1.54) is 60.2 Å². The third kappa shape index (κ3) is 6.04. The Kier molecular flexibility index (Phi) is 8.66. The Labute approximate surface area is 336 Å². The van der Waals surface area contributed by atoms with Gasteiger partial charge in [0.1, 0.15) is 8.07 Å². The lowest BCUT2D eigenvalue weighted by Crippen LogP contribution is -2.56. The zero-order valence-electron chi connectivity index (χ0n) is 32.2. The van der Waals surface area contributed by atoms with Crippen LogP contribution in [0.15, 0.2) is 218 Å². The Hall–Kier alpha value is -6.94. The molecule has 1 heterocycles. The van der Waals surface area contributed by atoms with Crippen molar-refractivity contribution in [2.75, 3.05) is 9.80 Å². The number of fused-ring (bicyclic) bond motifs is 2. The molecule has 0 N–H and O–H groups in total. The fourth-order valence-corrected chi connectivity index (χ4v) is 12.0. The Morgan fingerprint density at radius 2 is 0.807 bits per heavy atom. The van der Waals surface area contributed by atoms with Gasteiger partial charge in [0.2, 0.25) is 0 Å². The van der Waals surface area contributed by atoms with E-state index in [1.807, 2.05) is 0 Å². The average molecular weight is 747 g/mol. The quantitative estimate of drug-likeness (QED) is 0.143. The minimum Gasteiger partial charge on any atom is -0.311 e. The molecule has 0 amide bonds. The summed E-state index contributed by atoms with van der Waals surface area (Å²) >= 11 is 0. The molecule has 10 rings (SSSR count). The minimum atomic E-state index is -2.13. The third-order valence-corrected chi connectivity index (χ3v) is 15.2. The molecule has 0 saturated heterocycles. The van der Waals surface area contributed by atoms with Crippen molar-refractivity contribution in [2.24, 2.45) is 0 Å². The van der Waals surface area contributed by atoms with Crippen LogP contribution in [0.2, 0.25) is 13.1 Å². The highest BCUT2D eigenvalue weighted by atomic mass is 28.3. The summed E-state index contributed by atoms with van der Waals surface area (Å²) in [5.74, 6) is 0. The molecule has 9 aromatic rings. The molecule has 0 fully saturated rings. The molecule has 0 bridgehead atoms. The molecular formula is C54H42N2Si. The highest BCUT2D eigenvalue weighted by Crippen LogP contribution is 2.44. The predicted molar refractivity (Wildman–Crippen MR) is 246 cm³/mol. The SMILES string of the molecule is C[Si]1(C)c2cc(N(c3ccccc3)c3ccccc3)ccc2-c2ccc(-c3ccc(N(c4ccccc4)c4ccccc4-c4ccccc4)cc3)c3cccc1c23. The maximum absolute atomic E-state index is 2.52. The molecule has 9 aromatic carbocycles. The molecule has 272 valence electrons.